The zero-order valence-corrected chi connectivity index (χ0v) is 10.6. The summed E-state index contributed by atoms with van der Waals surface area (Å²) in [5.41, 5.74) is 7.59. The molecule has 0 amide bonds. The van der Waals surface area contributed by atoms with Gasteiger partial charge in [-0.3, -0.25) is 0 Å². The molecule has 2 N–H and O–H groups in total. The van der Waals surface area contributed by atoms with E-state index in [1.54, 1.807) is 18.2 Å². The highest BCUT2D eigenvalue weighted by atomic mass is 32.2. The van der Waals surface area contributed by atoms with E-state index in [9.17, 15) is 4.21 Å². The minimum atomic E-state index is -1.14. The molecule has 1 unspecified atom stereocenters. The van der Waals surface area contributed by atoms with E-state index in [4.69, 9.17) is 10.2 Å². The molecule has 1 heterocycles. The van der Waals surface area contributed by atoms with Crippen molar-refractivity contribution in [1.29, 1.82) is 0 Å². The first-order chi connectivity index (χ1) is 8.20. The third-order valence-electron chi connectivity index (χ3n) is 2.52. The van der Waals surface area contributed by atoms with Gasteiger partial charge in [-0.2, -0.15) is 0 Å². The summed E-state index contributed by atoms with van der Waals surface area (Å²) < 4.78 is 17.3. The van der Waals surface area contributed by atoms with E-state index in [1.807, 2.05) is 0 Å². The molecular formula is C12H16N2O2S. The number of benzene rings is 1. The molecule has 0 saturated heterocycles. The summed E-state index contributed by atoms with van der Waals surface area (Å²) in [7, 11) is -1.14. The molecule has 17 heavy (non-hydrogen) atoms. The van der Waals surface area contributed by atoms with Gasteiger partial charge >= 0.3 is 0 Å². The normalized spacial score (nSPS) is 13.0. The standard InChI is InChI=1S/C12H16N2O2S/c1-2-3-4-7-17(15)12-14-10-8-9(13)5-6-11(10)16-12/h5-6,8H,2-4,7,13H2,1H3. The van der Waals surface area contributed by atoms with E-state index in [2.05, 4.69) is 11.9 Å². The van der Waals surface area contributed by atoms with E-state index < -0.39 is 10.8 Å². The molecule has 2 aromatic rings. The van der Waals surface area contributed by atoms with Crippen molar-refractivity contribution >= 4 is 27.6 Å². The quantitative estimate of drug-likeness (QED) is 0.656. The van der Waals surface area contributed by atoms with Crippen molar-refractivity contribution in [2.24, 2.45) is 0 Å². The Kier molecular flexibility index (Phi) is 3.78. The van der Waals surface area contributed by atoms with Crippen molar-refractivity contribution in [2.75, 3.05) is 11.5 Å². The van der Waals surface area contributed by atoms with Crippen LogP contribution in [0.25, 0.3) is 11.1 Å². The summed E-state index contributed by atoms with van der Waals surface area (Å²) >= 11 is 0. The van der Waals surface area contributed by atoms with Gasteiger partial charge in [0.15, 0.2) is 5.58 Å². The molecule has 1 aromatic heterocycles. The third-order valence-corrected chi connectivity index (χ3v) is 3.74. The number of nitrogens with zero attached hydrogens (tertiary/aromatic N) is 1. The Bertz CT molecular complexity index is 536. The van der Waals surface area contributed by atoms with E-state index in [0.29, 0.717) is 27.8 Å². The lowest BCUT2D eigenvalue weighted by Gasteiger charge is -1.95. The van der Waals surface area contributed by atoms with E-state index >= 15 is 0 Å². The number of unbranched alkanes of at least 4 members (excludes halogenated alkanes) is 2. The van der Waals surface area contributed by atoms with Gasteiger partial charge in [0, 0.05) is 11.4 Å². The lowest BCUT2D eigenvalue weighted by molar-refractivity contribution is 0.477. The number of rotatable bonds is 5. The number of anilines is 1. The zero-order valence-electron chi connectivity index (χ0n) is 9.81. The summed E-state index contributed by atoms with van der Waals surface area (Å²) in [6, 6.07) is 5.23. The van der Waals surface area contributed by atoms with Crippen LogP contribution in [0.1, 0.15) is 26.2 Å². The number of nitrogen functional groups attached to an aromatic ring is 1. The van der Waals surface area contributed by atoms with E-state index in [0.717, 1.165) is 19.3 Å². The van der Waals surface area contributed by atoms with Crippen molar-refractivity contribution in [3.63, 3.8) is 0 Å². The van der Waals surface area contributed by atoms with Gasteiger partial charge in [-0.15, -0.1) is 0 Å². The van der Waals surface area contributed by atoms with Crippen LogP contribution in [0.5, 0.6) is 0 Å². The number of hydrogen-bond donors (Lipinski definition) is 1. The molecule has 4 nitrogen and oxygen atoms in total. The highest BCUT2D eigenvalue weighted by Gasteiger charge is 2.12. The van der Waals surface area contributed by atoms with Crippen LogP contribution in [-0.2, 0) is 10.8 Å². The van der Waals surface area contributed by atoms with Gasteiger partial charge in [0.1, 0.15) is 16.3 Å². The van der Waals surface area contributed by atoms with Crippen LogP contribution in [0.15, 0.2) is 27.8 Å². The number of oxazole rings is 1. The first-order valence-electron chi connectivity index (χ1n) is 5.75. The fraction of sp³-hybridized carbons (Fsp3) is 0.417. The van der Waals surface area contributed by atoms with Crippen LogP contribution in [0.4, 0.5) is 5.69 Å². The zero-order chi connectivity index (χ0) is 12.3. The molecule has 92 valence electrons. The Morgan fingerprint density at radius 2 is 2.24 bits per heavy atom. The molecule has 0 fully saturated rings. The molecule has 1 aromatic carbocycles. The first-order valence-corrected chi connectivity index (χ1v) is 7.07. The van der Waals surface area contributed by atoms with Crippen molar-refractivity contribution in [3.8, 4) is 0 Å². The van der Waals surface area contributed by atoms with Crippen LogP contribution in [-0.4, -0.2) is 14.9 Å². The summed E-state index contributed by atoms with van der Waals surface area (Å²) in [5.74, 6) is 0.607. The maximum Gasteiger partial charge on any atom is 0.287 e. The van der Waals surface area contributed by atoms with Crippen LogP contribution in [0.3, 0.4) is 0 Å². The van der Waals surface area contributed by atoms with Gasteiger partial charge in [-0.1, -0.05) is 19.8 Å². The molecule has 1 atom stereocenters. The van der Waals surface area contributed by atoms with Gasteiger partial charge in [0.05, 0.1) is 0 Å². The monoisotopic (exact) mass is 252 g/mol. The fourth-order valence-electron chi connectivity index (χ4n) is 1.59. The lowest BCUT2D eigenvalue weighted by atomic mass is 10.3. The van der Waals surface area contributed by atoms with Crippen molar-refractivity contribution in [2.45, 2.75) is 31.4 Å². The van der Waals surface area contributed by atoms with E-state index in [-0.39, 0.29) is 0 Å². The molecule has 0 saturated carbocycles. The van der Waals surface area contributed by atoms with Crippen molar-refractivity contribution < 1.29 is 8.63 Å². The maximum atomic E-state index is 11.9. The van der Waals surface area contributed by atoms with E-state index in [1.165, 1.54) is 0 Å². The average molecular weight is 252 g/mol. The highest BCUT2D eigenvalue weighted by Crippen LogP contribution is 2.20. The van der Waals surface area contributed by atoms with Crippen LogP contribution in [0.2, 0.25) is 0 Å². The summed E-state index contributed by atoms with van der Waals surface area (Å²) in [4.78, 5) is 4.21. The number of hydrogen-bond acceptors (Lipinski definition) is 4. The molecule has 0 aliphatic heterocycles. The fourth-order valence-corrected chi connectivity index (χ4v) is 2.61. The molecule has 0 aliphatic carbocycles. The molecule has 0 radical (unpaired) electrons. The molecular weight excluding hydrogens is 236 g/mol. The second-order valence-electron chi connectivity index (χ2n) is 3.96. The Morgan fingerprint density at radius 1 is 1.41 bits per heavy atom. The van der Waals surface area contributed by atoms with Crippen molar-refractivity contribution in [1.82, 2.24) is 4.98 Å². The Balaban J connectivity index is 2.15. The lowest BCUT2D eigenvalue weighted by Crippen LogP contribution is -1.98. The Hall–Kier alpha value is -1.36. The van der Waals surface area contributed by atoms with Gasteiger partial charge in [0.25, 0.3) is 5.22 Å². The topological polar surface area (TPSA) is 69.1 Å². The van der Waals surface area contributed by atoms with Gasteiger partial charge in [0.2, 0.25) is 0 Å². The first kappa shape index (κ1) is 12.1. The maximum absolute atomic E-state index is 11.9. The predicted molar refractivity (Wildman–Crippen MR) is 69.2 cm³/mol. The average Bonchev–Trinajstić information content (AvgIpc) is 2.72. The summed E-state index contributed by atoms with van der Waals surface area (Å²) in [5, 5.41) is 0.307. The number of fused-ring (bicyclic) bond motifs is 1. The van der Waals surface area contributed by atoms with Crippen molar-refractivity contribution in [3.05, 3.63) is 18.2 Å². The predicted octanol–water partition coefficient (Wildman–Crippen LogP) is 2.71. The molecule has 0 aliphatic rings. The van der Waals surface area contributed by atoms with Crippen LogP contribution < -0.4 is 5.73 Å². The Labute approximate surface area is 103 Å². The van der Waals surface area contributed by atoms with Crippen LogP contribution >= 0.6 is 0 Å². The van der Waals surface area contributed by atoms with Crippen LogP contribution in [0, 0.1) is 0 Å². The Morgan fingerprint density at radius 3 is 3.00 bits per heavy atom. The minimum Gasteiger partial charge on any atom is -0.430 e. The largest absolute Gasteiger partial charge is 0.430 e. The molecule has 0 bridgehead atoms. The smallest absolute Gasteiger partial charge is 0.287 e. The minimum absolute atomic E-state index is 0.307. The number of nitrogens with two attached hydrogens (primary N) is 1. The second kappa shape index (κ2) is 5.31. The molecule has 2 rings (SSSR count). The van der Waals surface area contributed by atoms with Gasteiger partial charge < -0.3 is 10.2 Å². The van der Waals surface area contributed by atoms with Gasteiger partial charge in [-0.05, 0) is 24.6 Å². The number of aromatic nitrogens is 1. The molecule has 0 spiro atoms. The summed E-state index contributed by atoms with van der Waals surface area (Å²) in [6.07, 6.45) is 3.13. The third kappa shape index (κ3) is 2.85. The SMILES string of the molecule is CCCCCS(=O)c1nc2cc(N)ccc2o1. The molecule has 5 heteroatoms. The second-order valence-corrected chi connectivity index (χ2v) is 5.41. The van der Waals surface area contributed by atoms with Gasteiger partial charge in [-0.25, -0.2) is 9.19 Å². The summed E-state index contributed by atoms with van der Waals surface area (Å²) in [6.45, 7) is 2.12. The highest BCUT2D eigenvalue weighted by molar-refractivity contribution is 7.84.